The van der Waals surface area contributed by atoms with Gasteiger partial charge in [-0.15, -0.1) is 0 Å². The topological polar surface area (TPSA) is 128 Å². The van der Waals surface area contributed by atoms with Crippen LogP contribution in [0.15, 0.2) is 27.8 Å². The minimum Gasteiger partial charge on any atom is -0.493 e. The molecule has 0 radical (unpaired) electrons. The predicted molar refractivity (Wildman–Crippen MR) is 114 cm³/mol. The van der Waals surface area contributed by atoms with Crippen LogP contribution in [0, 0.1) is 5.92 Å². The molecule has 1 heterocycles. The Morgan fingerprint density at radius 1 is 1.27 bits per heavy atom. The van der Waals surface area contributed by atoms with Crippen molar-refractivity contribution in [2.45, 2.75) is 52.2 Å². The normalized spacial score (nSPS) is 14.1. The lowest BCUT2D eigenvalue weighted by atomic mass is 10.2. The van der Waals surface area contributed by atoms with Crippen molar-refractivity contribution in [3.63, 3.8) is 0 Å². The number of carbonyl (C=O) groups excluding carboxylic acids is 1. The van der Waals surface area contributed by atoms with E-state index in [9.17, 15) is 14.4 Å². The number of rotatable bonds is 7. The fourth-order valence-corrected chi connectivity index (χ4v) is 3.41. The number of amides is 1. The number of aromatic nitrogens is 2. The fourth-order valence-electron chi connectivity index (χ4n) is 3.41. The molecule has 162 valence electrons. The number of nitrogens with two attached hydrogens (primary N) is 1. The van der Waals surface area contributed by atoms with Gasteiger partial charge in [0.25, 0.3) is 5.56 Å². The molecule has 1 amide bonds. The Morgan fingerprint density at radius 3 is 2.60 bits per heavy atom. The molecule has 1 aliphatic rings. The van der Waals surface area contributed by atoms with Gasteiger partial charge in [-0.2, -0.15) is 0 Å². The third-order valence-electron chi connectivity index (χ3n) is 5.18. The molecule has 3 rings (SSSR count). The molecule has 0 saturated heterocycles. The average Bonchev–Trinajstić information content (AvgIpc) is 3.21. The first-order valence-corrected chi connectivity index (χ1v) is 10.1. The molecule has 1 saturated carbocycles. The molecular weight excluding hydrogens is 388 g/mol. The van der Waals surface area contributed by atoms with E-state index in [1.54, 1.807) is 39.2 Å². The summed E-state index contributed by atoms with van der Waals surface area (Å²) in [5, 5.41) is 2.50. The van der Waals surface area contributed by atoms with Crippen LogP contribution in [0.25, 0.3) is 0 Å². The molecule has 9 heteroatoms. The first-order chi connectivity index (χ1) is 14.3. The third kappa shape index (κ3) is 4.67. The van der Waals surface area contributed by atoms with Gasteiger partial charge in [-0.25, -0.2) is 4.79 Å². The second-order valence-electron chi connectivity index (χ2n) is 7.76. The van der Waals surface area contributed by atoms with E-state index in [4.69, 9.17) is 15.2 Å². The summed E-state index contributed by atoms with van der Waals surface area (Å²) >= 11 is 0. The van der Waals surface area contributed by atoms with E-state index in [1.807, 2.05) is 0 Å². The standard InChI is InChI=1S/C21H28N4O5/c1-12(2)19(26)23-17-18(22)25(21(28)24-20(17)27)11-13-8-9-15(29-3)16(10-13)30-14-6-4-5-7-14/h8-10,12,14H,4-7,11,22H2,1-3H3,(H,23,26)(H,24,27,28). The highest BCUT2D eigenvalue weighted by Crippen LogP contribution is 2.32. The number of carbonyl (C=O) groups is 1. The van der Waals surface area contributed by atoms with Crippen LogP contribution < -0.4 is 31.8 Å². The fraction of sp³-hybridized carbons (Fsp3) is 0.476. The minimum atomic E-state index is -0.734. The number of hydrogen-bond acceptors (Lipinski definition) is 6. The Kier molecular flexibility index (Phi) is 6.49. The molecule has 0 bridgehead atoms. The zero-order valence-corrected chi connectivity index (χ0v) is 17.5. The van der Waals surface area contributed by atoms with Gasteiger partial charge < -0.3 is 20.5 Å². The maximum absolute atomic E-state index is 12.4. The largest absolute Gasteiger partial charge is 0.493 e. The van der Waals surface area contributed by atoms with Crippen LogP contribution in [0.5, 0.6) is 11.5 Å². The molecule has 1 aliphatic carbocycles. The van der Waals surface area contributed by atoms with Gasteiger partial charge in [-0.05, 0) is 43.4 Å². The van der Waals surface area contributed by atoms with Crippen LogP contribution in [-0.2, 0) is 11.3 Å². The zero-order valence-electron chi connectivity index (χ0n) is 17.5. The summed E-state index contributed by atoms with van der Waals surface area (Å²) in [4.78, 5) is 38.8. The minimum absolute atomic E-state index is 0.0943. The summed E-state index contributed by atoms with van der Waals surface area (Å²) in [6, 6.07) is 5.37. The van der Waals surface area contributed by atoms with Gasteiger partial charge in [0.15, 0.2) is 11.5 Å². The van der Waals surface area contributed by atoms with Gasteiger partial charge in [-0.1, -0.05) is 19.9 Å². The van der Waals surface area contributed by atoms with Crippen molar-refractivity contribution in [3.05, 3.63) is 44.6 Å². The molecule has 0 aliphatic heterocycles. The monoisotopic (exact) mass is 416 g/mol. The lowest BCUT2D eigenvalue weighted by Gasteiger charge is -2.18. The molecule has 1 aromatic carbocycles. The summed E-state index contributed by atoms with van der Waals surface area (Å²) in [5.74, 6) is 0.394. The maximum Gasteiger partial charge on any atom is 0.330 e. The first kappa shape index (κ1) is 21.5. The quantitative estimate of drug-likeness (QED) is 0.634. The number of hydrogen-bond donors (Lipinski definition) is 3. The first-order valence-electron chi connectivity index (χ1n) is 10.1. The smallest absolute Gasteiger partial charge is 0.330 e. The number of H-pyrrole nitrogens is 1. The molecule has 1 aromatic heterocycles. The van der Waals surface area contributed by atoms with Gasteiger partial charge in [0.1, 0.15) is 11.5 Å². The highest BCUT2D eigenvalue weighted by molar-refractivity contribution is 5.94. The highest BCUT2D eigenvalue weighted by Gasteiger charge is 2.20. The molecule has 0 atom stereocenters. The molecular formula is C21H28N4O5. The summed E-state index contributed by atoms with van der Waals surface area (Å²) in [7, 11) is 1.57. The number of nitrogens with one attached hydrogen (secondary N) is 2. The number of nitrogen functional groups attached to an aromatic ring is 1. The van der Waals surface area contributed by atoms with E-state index in [1.165, 1.54) is 4.57 Å². The van der Waals surface area contributed by atoms with Crippen LogP contribution in [0.2, 0.25) is 0 Å². The number of nitrogens with zero attached hydrogens (tertiary/aromatic N) is 1. The molecule has 0 spiro atoms. The molecule has 30 heavy (non-hydrogen) atoms. The van der Waals surface area contributed by atoms with Crippen molar-refractivity contribution in [1.82, 2.24) is 9.55 Å². The van der Waals surface area contributed by atoms with E-state index in [2.05, 4.69) is 10.3 Å². The Labute approximate surface area is 174 Å². The highest BCUT2D eigenvalue weighted by atomic mass is 16.5. The lowest BCUT2D eigenvalue weighted by Crippen LogP contribution is -2.36. The van der Waals surface area contributed by atoms with E-state index >= 15 is 0 Å². The second-order valence-corrected chi connectivity index (χ2v) is 7.76. The van der Waals surface area contributed by atoms with Crippen LogP contribution in [0.1, 0.15) is 45.1 Å². The third-order valence-corrected chi connectivity index (χ3v) is 5.18. The van der Waals surface area contributed by atoms with Gasteiger partial charge in [0.05, 0.1) is 19.8 Å². The average molecular weight is 416 g/mol. The zero-order chi connectivity index (χ0) is 21.8. The molecule has 0 unspecified atom stereocenters. The van der Waals surface area contributed by atoms with Crippen LogP contribution in [0.4, 0.5) is 11.5 Å². The summed E-state index contributed by atoms with van der Waals surface area (Å²) in [6.07, 6.45) is 4.42. The van der Waals surface area contributed by atoms with Crippen molar-refractivity contribution in [3.8, 4) is 11.5 Å². The number of aromatic amines is 1. The van der Waals surface area contributed by atoms with E-state index in [0.717, 1.165) is 31.2 Å². The van der Waals surface area contributed by atoms with Gasteiger partial charge in [-0.3, -0.25) is 19.1 Å². The Bertz CT molecular complexity index is 1030. The summed E-state index contributed by atoms with van der Waals surface area (Å²) < 4.78 is 12.7. The van der Waals surface area contributed by atoms with Crippen LogP contribution in [-0.4, -0.2) is 28.7 Å². The van der Waals surface area contributed by atoms with Gasteiger partial charge >= 0.3 is 5.69 Å². The van der Waals surface area contributed by atoms with Crippen molar-refractivity contribution < 1.29 is 14.3 Å². The van der Waals surface area contributed by atoms with Crippen molar-refractivity contribution in [1.29, 1.82) is 0 Å². The predicted octanol–water partition coefficient (Wildman–Crippen LogP) is 2.09. The van der Waals surface area contributed by atoms with E-state index < -0.39 is 11.2 Å². The molecule has 9 nitrogen and oxygen atoms in total. The lowest BCUT2D eigenvalue weighted by molar-refractivity contribution is -0.118. The van der Waals surface area contributed by atoms with Crippen LogP contribution in [0.3, 0.4) is 0 Å². The van der Waals surface area contributed by atoms with E-state index in [0.29, 0.717) is 11.5 Å². The van der Waals surface area contributed by atoms with Crippen molar-refractivity contribution >= 4 is 17.4 Å². The van der Waals surface area contributed by atoms with Crippen molar-refractivity contribution in [2.75, 3.05) is 18.2 Å². The number of ether oxygens (including phenoxy) is 2. The molecule has 1 fully saturated rings. The van der Waals surface area contributed by atoms with Gasteiger partial charge in [0.2, 0.25) is 5.91 Å². The van der Waals surface area contributed by atoms with Gasteiger partial charge in [0, 0.05) is 5.92 Å². The number of methoxy groups -OCH3 is 1. The number of anilines is 2. The summed E-state index contributed by atoms with van der Waals surface area (Å²) in [5.41, 5.74) is 5.29. The summed E-state index contributed by atoms with van der Waals surface area (Å²) in [6.45, 7) is 3.48. The molecule has 4 N–H and O–H groups in total. The SMILES string of the molecule is COc1ccc(Cn2c(N)c(NC(=O)C(C)C)c(=O)[nH]c2=O)cc1OC1CCCC1. The van der Waals surface area contributed by atoms with Crippen molar-refractivity contribution in [2.24, 2.45) is 5.92 Å². The molecule has 2 aromatic rings. The van der Waals surface area contributed by atoms with Crippen LogP contribution >= 0.6 is 0 Å². The second kappa shape index (κ2) is 9.06. The Morgan fingerprint density at radius 2 is 1.97 bits per heavy atom. The van der Waals surface area contributed by atoms with E-state index in [-0.39, 0.29) is 36.0 Å². The Balaban J connectivity index is 1.92. The number of benzene rings is 1. The Hall–Kier alpha value is -3.23. The maximum atomic E-state index is 12.4.